The molecule has 0 aliphatic rings. The Bertz CT molecular complexity index is 379. The summed E-state index contributed by atoms with van der Waals surface area (Å²) >= 11 is 0. The molecule has 0 heterocycles. The predicted molar refractivity (Wildman–Crippen MR) is 71.0 cm³/mol. The fourth-order valence-electron chi connectivity index (χ4n) is 1.58. The van der Waals surface area contributed by atoms with E-state index in [0.717, 1.165) is 6.42 Å². The molecule has 1 aromatic carbocycles. The minimum absolute atomic E-state index is 0.0984. The minimum Gasteiger partial charge on any atom is -0.493 e. The van der Waals surface area contributed by atoms with E-state index in [4.69, 9.17) is 15.2 Å². The summed E-state index contributed by atoms with van der Waals surface area (Å²) in [6.45, 7) is 3.09. The summed E-state index contributed by atoms with van der Waals surface area (Å²) in [6, 6.07) is 6.67. The summed E-state index contributed by atoms with van der Waals surface area (Å²) in [7, 11) is 1.59. The van der Waals surface area contributed by atoms with E-state index in [9.17, 15) is 4.79 Å². The lowest BCUT2D eigenvalue weighted by Crippen LogP contribution is -2.32. The molecule has 1 aromatic rings. The molecule has 0 bridgehead atoms. The van der Waals surface area contributed by atoms with Gasteiger partial charge in [-0.3, -0.25) is 4.79 Å². The van der Waals surface area contributed by atoms with Crippen LogP contribution in [0.15, 0.2) is 24.3 Å². The van der Waals surface area contributed by atoms with Crippen molar-refractivity contribution in [3.63, 3.8) is 0 Å². The van der Waals surface area contributed by atoms with E-state index in [1.807, 2.05) is 19.1 Å². The van der Waals surface area contributed by atoms with Crippen LogP contribution < -0.4 is 10.5 Å². The fraction of sp³-hybridized carbons (Fsp3) is 0.500. The van der Waals surface area contributed by atoms with E-state index < -0.39 is 6.04 Å². The van der Waals surface area contributed by atoms with Crippen LogP contribution in [-0.2, 0) is 4.74 Å². The van der Waals surface area contributed by atoms with Gasteiger partial charge in [0.15, 0.2) is 5.78 Å². The summed E-state index contributed by atoms with van der Waals surface area (Å²) in [5.74, 6) is 0.510. The van der Waals surface area contributed by atoms with Gasteiger partial charge in [-0.1, -0.05) is 19.1 Å². The van der Waals surface area contributed by atoms with Crippen molar-refractivity contribution >= 4 is 5.78 Å². The molecule has 2 N–H and O–H groups in total. The largest absolute Gasteiger partial charge is 0.493 e. The number of nitrogens with two attached hydrogens (primary N) is 1. The Morgan fingerprint density at radius 3 is 2.72 bits per heavy atom. The lowest BCUT2D eigenvalue weighted by molar-refractivity contribution is 0.0931. The normalized spacial score (nSPS) is 12.2. The number of carbonyl (C=O) groups is 1. The van der Waals surface area contributed by atoms with E-state index >= 15 is 0 Å². The van der Waals surface area contributed by atoms with Gasteiger partial charge < -0.3 is 15.2 Å². The lowest BCUT2D eigenvalue weighted by Gasteiger charge is -2.14. The number of hydrogen-bond acceptors (Lipinski definition) is 4. The second-order valence-electron chi connectivity index (χ2n) is 4.10. The first-order chi connectivity index (χ1) is 8.70. The van der Waals surface area contributed by atoms with Crippen LogP contribution in [0.2, 0.25) is 0 Å². The van der Waals surface area contributed by atoms with Gasteiger partial charge in [-0.25, -0.2) is 0 Å². The number of ketones is 1. The minimum atomic E-state index is -0.545. The highest BCUT2D eigenvalue weighted by atomic mass is 16.5. The van der Waals surface area contributed by atoms with Crippen molar-refractivity contribution in [1.82, 2.24) is 0 Å². The highest BCUT2D eigenvalue weighted by Crippen LogP contribution is 2.20. The molecule has 0 fully saturated rings. The number of hydrogen-bond donors (Lipinski definition) is 1. The quantitative estimate of drug-likeness (QED) is 0.718. The molecule has 1 rings (SSSR count). The molecule has 100 valence electrons. The van der Waals surface area contributed by atoms with Crippen molar-refractivity contribution in [2.24, 2.45) is 5.73 Å². The average molecular weight is 251 g/mol. The fourth-order valence-corrected chi connectivity index (χ4v) is 1.58. The van der Waals surface area contributed by atoms with Gasteiger partial charge in [-0.2, -0.15) is 0 Å². The zero-order valence-corrected chi connectivity index (χ0v) is 11.0. The van der Waals surface area contributed by atoms with Gasteiger partial charge in [0, 0.05) is 13.7 Å². The first kappa shape index (κ1) is 14.7. The summed E-state index contributed by atoms with van der Waals surface area (Å²) in [4.78, 5) is 12.2. The van der Waals surface area contributed by atoms with Crippen molar-refractivity contribution in [2.45, 2.75) is 25.8 Å². The third kappa shape index (κ3) is 4.13. The molecule has 0 aliphatic heterocycles. The van der Waals surface area contributed by atoms with Crippen LogP contribution in [0.25, 0.3) is 0 Å². The summed E-state index contributed by atoms with van der Waals surface area (Å²) < 4.78 is 10.5. The summed E-state index contributed by atoms with van der Waals surface area (Å²) in [5, 5.41) is 0. The van der Waals surface area contributed by atoms with E-state index in [0.29, 0.717) is 30.9 Å². The zero-order chi connectivity index (χ0) is 13.4. The molecule has 0 spiro atoms. The Hall–Kier alpha value is -1.39. The number of Topliss-reactive ketones (excluding diaryl/α,β-unsaturated/α-hetero) is 1. The highest BCUT2D eigenvalue weighted by molar-refractivity contribution is 6.02. The van der Waals surface area contributed by atoms with Crippen LogP contribution in [0, 0.1) is 0 Å². The van der Waals surface area contributed by atoms with Crippen molar-refractivity contribution in [3.8, 4) is 5.75 Å². The second-order valence-corrected chi connectivity index (χ2v) is 4.10. The number of rotatable bonds is 8. The molecule has 0 aliphatic carbocycles. The Labute approximate surface area is 108 Å². The van der Waals surface area contributed by atoms with Gasteiger partial charge in [0.25, 0.3) is 0 Å². The molecule has 1 atom stereocenters. The SMILES string of the molecule is CCCOc1ccccc1C(=O)C(N)CCOC. The van der Waals surface area contributed by atoms with Crippen LogP contribution >= 0.6 is 0 Å². The van der Waals surface area contributed by atoms with Crippen LogP contribution in [0.5, 0.6) is 5.75 Å². The molecule has 1 unspecified atom stereocenters. The molecule has 0 radical (unpaired) electrons. The molecular weight excluding hydrogens is 230 g/mol. The Kier molecular flexibility index (Phi) is 6.39. The molecule has 4 heteroatoms. The monoisotopic (exact) mass is 251 g/mol. The summed E-state index contributed by atoms with van der Waals surface area (Å²) in [6.07, 6.45) is 1.41. The van der Waals surface area contributed by atoms with E-state index in [1.54, 1.807) is 19.2 Å². The first-order valence-electron chi connectivity index (χ1n) is 6.21. The topological polar surface area (TPSA) is 61.5 Å². The van der Waals surface area contributed by atoms with Crippen molar-refractivity contribution in [1.29, 1.82) is 0 Å². The van der Waals surface area contributed by atoms with Crippen LogP contribution in [0.3, 0.4) is 0 Å². The lowest BCUT2D eigenvalue weighted by atomic mass is 10.0. The van der Waals surface area contributed by atoms with Gasteiger partial charge in [0.2, 0.25) is 0 Å². The molecule has 0 aromatic heterocycles. The standard InChI is InChI=1S/C14H21NO3/c1-3-9-18-13-7-5-4-6-11(13)14(16)12(15)8-10-17-2/h4-7,12H,3,8-10,15H2,1-2H3. The Morgan fingerprint density at radius 1 is 1.33 bits per heavy atom. The predicted octanol–water partition coefficient (Wildman–Crippen LogP) is 2.02. The maximum absolute atomic E-state index is 12.2. The number of benzene rings is 1. The number of carbonyl (C=O) groups excluding carboxylic acids is 1. The molecule has 0 saturated carbocycles. The van der Waals surface area contributed by atoms with Gasteiger partial charge >= 0.3 is 0 Å². The third-order valence-electron chi connectivity index (χ3n) is 2.58. The number of ether oxygens (including phenoxy) is 2. The summed E-state index contributed by atoms with van der Waals surface area (Å²) in [5.41, 5.74) is 6.40. The van der Waals surface area contributed by atoms with Crippen molar-refractivity contribution in [3.05, 3.63) is 29.8 Å². The Morgan fingerprint density at radius 2 is 2.06 bits per heavy atom. The van der Waals surface area contributed by atoms with Crippen molar-refractivity contribution in [2.75, 3.05) is 20.3 Å². The molecule has 0 amide bonds. The van der Waals surface area contributed by atoms with Crippen LogP contribution in [0.1, 0.15) is 30.1 Å². The second kappa shape index (κ2) is 7.84. The Balaban J connectivity index is 2.77. The molecule has 4 nitrogen and oxygen atoms in total. The van der Waals surface area contributed by atoms with E-state index in [2.05, 4.69) is 0 Å². The smallest absolute Gasteiger partial charge is 0.183 e. The molecule has 18 heavy (non-hydrogen) atoms. The number of para-hydroxylation sites is 1. The maximum Gasteiger partial charge on any atom is 0.183 e. The van der Waals surface area contributed by atoms with Gasteiger partial charge in [-0.15, -0.1) is 0 Å². The molecule has 0 saturated heterocycles. The van der Waals surface area contributed by atoms with Crippen LogP contribution in [-0.4, -0.2) is 32.1 Å². The first-order valence-corrected chi connectivity index (χ1v) is 6.21. The highest BCUT2D eigenvalue weighted by Gasteiger charge is 2.19. The maximum atomic E-state index is 12.2. The van der Waals surface area contributed by atoms with E-state index in [-0.39, 0.29) is 5.78 Å². The van der Waals surface area contributed by atoms with Gasteiger partial charge in [0.05, 0.1) is 18.2 Å². The van der Waals surface area contributed by atoms with Crippen molar-refractivity contribution < 1.29 is 14.3 Å². The molecular formula is C14H21NO3. The number of methoxy groups -OCH3 is 1. The third-order valence-corrected chi connectivity index (χ3v) is 2.58. The van der Waals surface area contributed by atoms with Gasteiger partial charge in [0.1, 0.15) is 5.75 Å². The van der Waals surface area contributed by atoms with Gasteiger partial charge in [-0.05, 0) is 25.0 Å². The van der Waals surface area contributed by atoms with E-state index in [1.165, 1.54) is 0 Å². The zero-order valence-electron chi connectivity index (χ0n) is 11.0. The van der Waals surface area contributed by atoms with Crippen LogP contribution in [0.4, 0.5) is 0 Å². The average Bonchev–Trinajstić information content (AvgIpc) is 2.42.